The molecule has 0 spiro atoms. The van der Waals surface area contributed by atoms with E-state index >= 15 is 0 Å². The van der Waals surface area contributed by atoms with Crippen molar-refractivity contribution >= 4 is 46.3 Å². The second-order valence-corrected chi connectivity index (χ2v) is 8.17. The maximum absolute atomic E-state index is 12.1. The first kappa shape index (κ1) is 19.8. The first-order chi connectivity index (χ1) is 13.2. The molecule has 1 amide bonds. The molecular formula is C19H18ClN3O2S2. The van der Waals surface area contributed by atoms with Gasteiger partial charge >= 0.3 is 0 Å². The summed E-state index contributed by atoms with van der Waals surface area (Å²) in [7, 11) is 0. The number of amides is 1. The fourth-order valence-corrected chi connectivity index (χ4v) is 4.02. The first-order valence-electron chi connectivity index (χ1n) is 8.36. The number of hydrogen-bond acceptors (Lipinski definition) is 6. The quantitative estimate of drug-likeness (QED) is 0.478. The maximum Gasteiger partial charge on any atom is 0.224 e. The summed E-state index contributed by atoms with van der Waals surface area (Å²) >= 11 is 9.20. The predicted molar refractivity (Wildman–Crippen MR) is 109 cm³/mol. The SMILES string of the molecule is O=C(CCCOCc1ccccc1)Nc1ccc(Sc2nncs2)c(Cl)c1. The summed E-state index contributed by atoms with van der Waals surface area (Å²) in [6, 6.07) is 15.4. The van der Waals surface area contributed by atoms with Crippen LogP contribution in [-0.4, -0.2) is 22.7 Å². The van der Waals surface area contributed by atoms with Crippen molar-refractivity contribution in [3.05, 3.63) is 64.6 Å². The van der Waals surface area contributed by atoms with Gasteiger partial charge < -0.3 is 10.1 Å². The van der Waals surface area contributed by atoms with Crippen molar-refractivity contribution in [1.29, 1.82) is 0 Å². The molecule has 3 rings (SSSR count). The minimum Gasteiger partial charge on any atom is -0.377 e. The number of nitrogens with one attached hydrogen (secondary N) is 1. The second-order valence-electron chi connectivity index (χ2n) is 5.64. The molecular weight excluding hydrogens is 402 g/mol. The molecule has 0 saturated heterocycles. The van der Waals surface area contributed by atoms with E-state index in [0.29, 0.717) is 36.8 Å². The highest BCUT2D eigenvalue weighted by molar-refractivity contribution is 8.01. The average molecular weight is 420 g/mol. The van der Waals surface area contributed by atoms with Crippen LogP contribution in [0.2, 0.25) is 5.02 Å². The Hall–Kier alpha value is -1.93. The molecule has 140 valence electrons. The molecule has 0 saturated carbocycles. The lowest BCUT2D eigenvalue weighted by molar-refractivity contribution is -0.116. The molecule has 0 atom stereocenters. The van der Waals surface area contributed by atoms with Crippen LogP contribution in [0.4, 0.5) is 5.69 Å². The van der Waals surface area contributed by atoms with Crippen LogP contribution in [0.5, 0.6) is 0 Å². The normalized spacial score (nSPS) is 10.7. The van der Waals surface area contributed by atoms with E-state index < -0.39 is 0 Å². The number of nitrogens with zero attached hydrogens (tertiary/aromatic N) is 2. The largest absolute Gasteiger partial charge is 0.377 e. The Morgan fingerprint density at radius 3 is 2.81 bits per heavy atom. The van der Waals surface area contributed by atoms with Crippen LogP contribution in [0.25, 0.3) is 0 Å². The summed E-state index contributed by atoms with van der Waals surface area (Å²) in [5, 5.41) is 11.2. The number of carbonyl (C=O) groups excluding carboxylic acids is 1. The smallest absolute Gasteiger partial charge is 0.224 e. The van der Waals surface area contributed by atoms with E-state index in [1.165, 1.54) is 23.1 Å². The van der Waals surface area contributed by atoms with Gasteiger partial charge in [0.2, 0.25) is 5.91 Å². The van der Waals surface area contributed by atoms with Crippen LogP contribution in [0, 0.1) is 0 Å². The van der Waals surface area contributed by atoms with Crippen molar-refractivity contribution in [2.45, 2.75) is 28.7 Å². The van der Waals surface area contributed by atoms with Crippen LogP contribution in [0.1, 0.15) is 18.4 Å². The highest BCUT2D eigenvalue weighted by Crippen LogP contribution is 2.35. The van der Waals surface area contributed by atoms with Gasteiger partial charge in [-0.1, -0.05) is 65.0 Å². The molecule has 0 bridgehead atoms. The summed E-state index contributed by atoms with van der Waals surface area (Å²) < 4.78 is 6.41. The van der Waals surface area contributed by atoms with Gasteiger partial charge in [-0.3, -0.25) is 4.79 Å². The van der Waals surface area contributed by atoms with Crippen LogP contribution >= 0.6 is 34.7 Å². The zero-order chi connectivity index (χ0) is 18.9. The molecule has 3 aromatic rings. The second kappa shape index (κ2) is 10.4. The monoisotopic (exact) mass is 419 g/mol. The standard InChI is InChI=1S/C19H18ClN3O2S2/c20-16-11-15(8-9-17(16)27-19-23-21-13-26-19)22-18(24)7-4-10-25-12-14-5-2-1-3-6-14/h1-3,5-6,8-9,11,13H,4,7,10,12H2,(H,22,24). The summed E-state index contributed by atoms with van der Waals surface area (Å²) in [4.78, 5) is 12.9. The number of rotatable bonds is 9. The molecule has 0 aliphatic heterocycles. The fraction of sp³-hybridized carbons (Fsp3) is 0.211. The van der Waals surface area contributed by atoms with Gasteiger partial charge in [0.25, 0.3) is 0 Å². The molecule has 0 aliphatic rings. The zero-order valence-electron chi connectivity index (χ0n) is 14.4. The molecule has 1 heterocycles. The molecule has 27 heavy (non-hydrogen) atoms. The van der Waals surface area contributed by atoms with Crippen LogP contribution < -0.4 is 5.32 Å². The Morgan fingerprint density at radius 2 is 2.07 bits per heavy atom. The summed E-state index contributed by atoms with van der Waals surface area (Å²) in [6.07, 6.45) is 1.06. The summed E-state index contributed by atoms with van der Waals surface area (Å²) in [5.41, 5.74) is 3.48. The third-order valence-electron chi connectivity index (χ3n) is 3.56. The lowest BCUT2D eigenvalue weighted by atomic mass is 10.2. The van der Waals surface area contributed by atoms with Crippen LogP contribution in [0.15, 0.2) is 63.3 Å². The third-order valence-corrected chi connectivity index (χ3v) is 5.84. The van der Waals surface area contributed by atoms with Gasteiger partial charge in [-0.05, 0) is 30.2 Å². The molecule has 8 heteroatoms. The Kier molecular flexibility index (Phi) is 7.65. The molecule has 0 unspecified atom stereocenters. The first-order valence-corrected chi connectivity index (χ1v) is 10.4. The average Bonchev–Trinajstić information content (AvgIpc) is 3.18. The summed E-state index contributed by atoms with van der Waals surface area (Å²) in [6.45, 7) is 1.10. The van der Waals surface area contributed by atoms with Gasteiger partial charge in [-0.25, -0.2) is 0 Å². The van der Waals surface area contributed by atoms with E-state index in [9.17, 15) is 4.79 Å². The lowest BCUT2D eigenvalue weighted by Gasteiger charge is -2.08. The van der Waals surface area contributed by atoms with Gasteiger partial charge in [-0.15, -0.1) is 10.2 Å². The van der Waals surface area contributed by atoms with E-state index in [2.05, 4.69) is 15.5 Å². The van der Waals surface area contributed by atoms with Gasteiger partial charge in [-0.2, -0.15) is 0 Å². The van der Waals surface area contributed by atoms with Gasteiger partial charge in [0.1, 0.15) is 5.51 Å². The Balaban J connectivity index is 1.39. The predicted octanol–water partition coefficient (Wildman–Crippen LogP) is 5.28. The minimum atomic E-state index is -0.0566. The molecule has 1 N–H and O–H groups in total. The van der Waals surface area contributed by atoms with E-state index in [1.807, 2.05) is 42.5 Å². The Bertz CT molecular complexity index is 861. The zero-order valence-corrected chi connectivity index (χ0v) is 16.8. The molecule has 0 fully saturated rings. The van der Waals surface area contributed by atoms with Gasteiger partial charge in [0.05, 0.1) is 11.6 Å². The van der Waals surface area contributed by atoms with Gasteiger partial charge in [0.15, 0.2) is 4.34 Å². The van der Waals surface area contributed by atoms with Crippen molar-refractivity contribution in [1.82, 2.24) is 10.2 Å². The molecule has 0 radical (unpaired) electrons. The lowest BCUT2D eigenvalue weighted by Crippen LogP contribution is -2.12. The number of anilines is 1. The van der Waals surface area contributed by atoms with E-state index in [1.54, 1.807) is 11.6 Å². The highest BCUT2D eigenvalue weighted by atomic mass is 35.5. The van der Waals surface area contributed by atoms with Crippen molar-refractivity contribution in [3.8, 4) is 0 Å². The third kappa shape index (κ3) is 6.62. The summed E-state index contributed by atoms with van der Waals surface area (Å²) in [5.74, 6) is -0.0566. The maximum atomic E-state index is 12.1. The minimum absolute atomic E-state index is 0.0566. The number of ether oxygens (including phenoxy) is 1. The van der Waals surface area contributed by atoms with Crippen LogP contribution in [0.3, 0.4) is 0 Å². The topological polar surface area (TPSA) is 64.1 Å². The van der Waals surface area contributed by atoms with Gasteiger partial charge in [0, 0.05) is 23.6 Å². The van der Waals surface area contributed by atoms with Crippen molar-refractivity contribution in [2.24, 2.45) is 0 Å². The molecule has 5 nitrogen and oxygen atoms in total. The van der Waals surface area contributed by atoms with Crippen molar-refractivity contribution in [3.63, 3.8) is 0 Å². The molecule has 1 aromatic heterocycles. The number of halogens is 1. The number of benzene rings is 2. The van der Waals surface area contributed by atoms with Crippen molar-refractivity contribution < 1.29 is 9.53 Å². The Labute approximate surface area is 171 Å². The fourth-order valence-electron chi connectivity index (χ4n) is 2.29. The van der Waals surface area contributed by atoms with E-state index in [0.717, 1.165) is 14.8 Å². The van der Waals surface area contributed by atoms with Crippen molar-refractivity contribution in [2.75, 3.05) is 11.9 Å². The number of hydrogen-bond donors (Lipinski definition) is 1. The number of carbonyl (C=O) groups is 1. The highest BCUT2D eigenvalue weighted by Gasteiger charge is 2.08. The van der Waals surface area contributed by atoms with Crippen LogP contribution in [-0.2, 0) is 16.1 Å². The van der Waals surface area contributed by atoms with E-state index in [4.69, 9.17) is 16.3 Å². The molecule has 0 aliphatic carbocycles. The Morgan fingerprint density at radius 1 is 1.22 bits per heavy atom. The van der Waals surface area contributed by atoms with E-state index in [-0.39, 0.29) is 5.91 Å². The molecule has 2 aromatic carbocycles. The number of aromatic nitrogens is 2.